The van der Waals surface area contributed by atoms with Crippen LogP contribution in [0, 0.1) is 0 Å². The Labute approximate surface area is 128 Å². The SMILES string of the molecule is CCc1cccc2c(C(=O)C(Cl)c3ccccc3)c[nH]c12. The Morgan fingerprint density at radius 1 is 1.14 bits per heavy atom. The fourth-order valence-corrected chi connectivity index (χ4v) is 2.89. The van der Waals surface area contributed by atoms with Gasteiger partial charge in [-0.15, -0.1) is 11.6 Å². The van der Waals surface area contributed by atoms with Crippen molar-refractivity contribution in [1.29, 1.82) is 0 Å². The van der Waals surface area contributed by atoms with Gasteiger partial charge in [-0.25, -0.2) is 0 Å². The van der Waals surface area contributed by atoms with Crippen molar-refractivity contribution in [2.45, 2.75) is 18.7 Å². The van der Waals surface area contributed by atoms with Crippen LogP contribution in [0.15, 0.2) is 54.7 Å². The van der Waals surface area contributed by atoms with Gasteiger partial charge in [-0.2, -0.15) is 0 Å². The Balaban J connectivity index is 2.03. The first-order valence-electron chi connectivity index (χ1n) is 7.04. The van der Waals surface area contributed by atoms with Crippen molar-refractivity contribution in [2.75, 3.05) is 0 Å². The number of para-hydroxylation sites is 1. The standard InChI is InChI=1S/C18H16ClNO/c1-2-12-9-6-10-14-15(11-20-17(12)14)18(21)16(19)13-7-4-3-5-8-13/h3-11,16,20H,2H2,1H3. The highest BCUT2D eigenvalue weighted by atomic mass is 35.5. The zero-order valence-corrected chi connectivity index (χ0v) is 12.5. The number of aromatic nitrogens is 1. The summed E-state index contributed by atoms with van der Waals surface area (Å²) in [5, 5.41) is 0.288. The van der Waals surface area contributed by atoms with Gasteiger partial charge in [0, 0.05) is 22.7 Å². The number of fused-ring (bicyclic) bond motifs is 1. The van der Waals surface area contributed by atoms with Gasteiger partial charge in [0.2, 0.25) is 0 Å². The third-order valence-electron chi connectivity index (χ3n) is 3.77. The smallest absolute Gasteiger partial charge is 0.187 e. The highest BCUT2D eigenvalue weighted by molar-refractivity contribution is 6.35. The number of hydrogen-bond donors (Lipinski definition) is 1. The number of nitrogens with one attached hydrogen (secondary N) is 1. The van der Waals surface area contributed by atoms with E-state index in [1.54, 1.807) is 6.20 Å². The minimum Gasteiger partial charge on any atom is -0.360 e. The maximum Gasteiger partial charge on any atom is 0.187 e. The number of hydrogen-bond acceptors (Lipinski definition) is 1. The van der Waals surface area contributed by atoms with E-state index in [1.165, 1.54) is 5.56 Å². The molecule has 1 unspecified atom stereocenters. The average Bonchev–Trinajstić information content (AvgIpc) is 2.98. The maximum atomic E-state index is 12.7. The second-order valence-corrected chi connectivity index (χ2v) is 5.47. The van der Waals surface area contributed by atoms with Crippen LogP contribution in [0.4, 0.5) is 0 Å². The van der Waals surface area contributed by atoms with Crippen LogP contribution >= 0.6 is 11.6 Å². The lowest BCUT2D eigenvalue weighted by Gasteiger charge is -2.08. The van der Waals surface area contributed by atoms with E-state index in [1.807, 2.05) is 42.5 Å². The van der Waals surface area contributed by atoms with E-state index < -0.39 is 5.38 Å². The number of aromatic amines is 1. The van der Waals surface area contributed by atoms with Gasteiger partial charge < -0.3 is 4.98 Å². The molecule has 0 fully saturated rings. The zero-order valence-electron chi connectivity index (χ0n) is 11.8. The molecule has 1 atom stereocenters. The lowest BCUT2D eigenvalue weighted by molar-refractivity contribution is 0.0988. The first-order chi connectivity index (χ1) is 10.2. The van der Waals surface area contributed by atoms with Gasteiger partial charge in [0.1, 0.15) is 5.38 Å². The molecule has 0 amide bonds. The van der Waals surface area contributed by atoms with Gasteiger partial charge in [0.25, 0.3) is 0 Å². The largest absolute Gasteiger partial charge is 0.360 e. The van der Waals surface area contributed by atoms with E-state index in [-0.39, 0.29) is 5.78 Å². The summed E-state index contributed by atoms with van der Waals surface area (Å²) < 4.78 is 0. The molecule has 1 aromatic heterocycles. The predicted molar refractivity (Wildman–Crippen MR) is 87.0 cm³/mol. The Hall–Kier alpha value is -2.06. The monoisotopic (exact) mass is 297 g/mol. The topological polar surface area (TPSA) is 32.9 Å². The van der Waals surface area contributed by atoms with E-state index in [2.05, 4.69) is 18.0 Å². The molecular weight excluding hydrogens is 282 g/mol. The third-order valence-corrected chi connectivity index (χ3v) is 4.22. The first-order valence-corrected chi connectivity index (χ1v) is 7.48. The van der Waals surface area contributed by atoms with Crippen molar-refractivity contribution in [2.24, 2.45) is 0 Å². The maximum absolute atomic E-state index is 12.7. The number of rotatable bonds is 4. The summed E-state index contributed by atoms with van der Waals surface area (Å²) in [4.78, 5) is 15.9. The van der Waals surface area contributed by atoms with Crippen LogP contribution in [0.25, 0.3) is 10.9 Å². The number of H-pyrrole nitrogens is 1. The molecule has 3 rings (SSSR count). The van der Waals surface area contributed by atoms with Crippen molar-refractivity contribution in [3.8, 4) is 0 Å². The number of alkyl halides is 1. The van der Waals surface area contributed by atoms with E-state index in [0.29, 0.717) is 5.56 Å². The molecule has 1 heterocycles. The summed E-state index contributed by atoms with van der Waals surface area (Å²) in [6.07, 6.45) is 2.69. The zero-order chi connectivity index (χ0) is 14.8. The van der Waals surface area contributed by atoms with Crippen LogP contribution in [0.1, 0.15) is 33.8 Å². The molecule has 0 aliphatic heterocycles. The van der Waals surface area contributed by atoms with E-state index in [0.717, 1.165) is 22.9 Å². The fraction of sp³-hybridized carbons (Fsp3) is 0.167. The number of halogens is 1. The van der Waals surface area contributed by atoms with Crippen LogP contribution in [-0.2, 0) is 6.42 Å². The van der Waals surface area contributed by atoms with Crippen molar-refractivity contribution >= 4 is 28.3 Å². The molecule has 0 saturated carbocycles. The molecule has 0 spiro atoms. The molecule has 0 radical (unpaired) electrons. The highest BCUT2D eigenvalue weighted by Gasteiger charge is 2.22. The average molecular weight is 298 g/mol. The molecule has 3 aromatic rings. The van der Waals surface area contributed by atoms with Crippen LogP contribution in [0.5, 0.6) is 0 Å². The van der Waals surface area contributed by atoms with Gasteiger partial charge in [-0.05, 0) is 17.5 Å². The third kappa shape index (κ3) is 2.47. The molecule has 0 aliphatic carbocycles. The number of ketones is 1. The van der Waals surface area contributed by atoms with Crippen molar-refractivity contribution in [1.82, 2.24) is 4.98 Å². The number of aryl methyl sites for hydroxylation is 1. The summed E-state index contributed by atoms with van der Waals surface area (Å²) >= 11 is 6.36. The van der Waals surface area contributed by atoms with Gasteiger partial charge in [-0.3, -0.25) is 4.79 Å². The number of Topliss-reactive ketones (excluding diaryl/α,β-unsaturated/α-hetero) is 1. The molecular formula is C18H16ClNO. The molecule has 106 valence electrons. The molecule has 0 bridgehead atoms. The Morgan fingerprint density at radius 3 is 2.62 bits per heavy atom. The minimum atomic E-state index is -0.657. The van der Waals surface area contributed by atoms with E-state index in [9.17, 15) is 4.79 Å². The normalized spacial score (nSPS) is 12.5. The minimum absolute atomic E-state index is 0.0673. The summed E-state index contributed by atoms with van der Waals surface area (Å²) in [6, 6.07) is 15.5. The summed E-state index contributed by atoms with van der Waals surface area (Å²) in [5.74, 6) is -0.0673. The van der Waals surface area contributed by atoms with E-state index in [4.69, 9.17) is 11.6 Å². The van der Waals surface area contributed by atoms with Crippen LogP contribution in [0.2, 0.25) is 0 Å². The quantitative estimate of drug-likeness (QED) is 0.539. The van der Waals surface area contributed by atoms with E-state index >= 15 is 0 Å². The molecule has 2 aromatic carbocycles. The number of benzene rings is 2. The Kier molecular flexibility index (Phi) is 3.80. The van der Waals surface area contributed by atoms with Gasteiger partial charge in [0.15, 0.2) is 5.78 Å². The molecule has 0 aliphatic rings. The van der Waals surface area contributed by atoms with Crippen molar-refractivity contribution in [3.63, 3.8) is 0 Å². The lowest BCUT2D eigenvalue weighted by atomic mass is 10.0. The Morgan fingerprint density at radius 2 is 1.90 bits per heavy atom. The summed E-state index contributed by atoms with van der Waals surface area (Å²) in [7, 11) is 0. The summed E-state index contributed by atoms with van der Waals surface area (Å²) in [5.41, 5.74) is 3.71. The van der Waals surface area contributed by atoms with Crippen molar-refractivity contribution < 1.29 is 4.79 Å². The second-order valence-electron chi connectivity index (χ2n) is 5.03. The second kappa shape index (κ2) is 5.74. The molecule has 21 heavy (non-hydrogen) atoms. The Bertz CT molecular complexity index is 776. The lowest BCUT2D eigenvalue weighted by Crippen LogP contribution is -2.06. The molecule has 2 nitrogen and oxygen atoms in total. The number of carbonyl (C=O) groups excluding carboxylic acids is 1. The first kappa shape index (κ1) is 13.9. The molecule has 3 heteroatoms. The van der Waals surface area contributed by atoms with Crippen LogP contribution in [-0.4, -0.2) is 10.8 Å². The highest BCUT2D eigenvalue weighted by Crippen LogP contribution is 2.29. The van der Waals surface area contributed by atoms with Gasteiger partial charge in [-0.1, -0.05) is 55.5 Å². The van der Waals surface area contributed by atoms with Gasteiger partial charge >= 0.3 is 0 Å². The van der Waals surface area contributed by atoms with Crippen molar-refractivity contribution in [3.05, 3.63) is 71.4 Å². The van der Waals surface area contributed by atoms with Gasteiger partial charge in [0.05, 0.1) is 0 Å². The van der Waals surface area contributed by atoms with Crippen LogP contribution in [0.3, 0.4) is 0 Å². The molecule has 1 N–H and O–H groups in total. The fourth-order valence-electron chi connectivity index (χ4n) is 2.63. The number of carbonyl (C=O) groups is 1. The molecule has 0 saturated heterocycles. The summed E-state index contributed by atoms with van der Waals surface area (Å²) in [6.45, 7) is 2.10. The van der Waals surface area contributed by atoms with Crippen LogP contribution < -0.4 is 0 Å². The predicted octanol–water partition coefficient (Wildman–Crippen LogP) is 4.89.